The second-order valence-electron chi connectivity index (χ2n) is 9.47. The van der Waals surface area contributed by atoms with Crippen molar-refractivity contribution in [2.45, 2.75) is 84.3 Å². The number of carbonyl (C=O) groups excluding carboxylic acids is 2. The number of para-hydroxylation sites is 1. The average molecular weight is 414 g/mol. The normalized spacial score (nSPS) is 16.0. The summed E-state index contributed by atoms with van der Waals surface area (Å²) in [5.41, 5.74) is 2.64. The first-order valence-corrected chi connectivity index (χ1v) is 11.1. The molecule has 30 heavy (non-hydrogen) atoms. The lowest BCUT2D eigenvalue weighted by Crippen LogP contribution is -2.24. The van der Waals surface area contributed by atoms with Crippen molar-refractivity contribution in [3.63, 3.8) is 0 Å². The minimum Gasteiger partial charge on any atom is -0.469 e. The van der Waals surface area contributed by atoms with Gasteiger partial charge in [-0.3, -0.25) is 9.59 Å². The van der Waals surface area contributed by atoms with E-state index in [-0.39, 0.29) is 17.9 Å². The number of aryl methyl sites for hydroxylation is 1. The molecule has 0 spiro atoms. The summed E-state index contributed by atoms with van der Waals surface area (Å²) in [5, 5.41) is 1.08. The van der Waals surface area contributed by atoms with Crippen molar-refractivity contribution in [2.24, 2.45) is 5.92 Å². The number of hydrogen-bond acceptors (Lipinski definition) is 4. The fourth-order valence-electron chi connectivity index (χ4n) is 4.83. The van der Waals surface area contributed by atoms with Gasteiger partial charge in [0.2, 0.25) is 0 Å². The molecule has 1 aromatic heterocycles. The van der Waals surface area contributed by atoms with E-state index in [1.165, 1.54) is 32.8 Å². The van der Waals surface area contributed by atoms with Crippen LogP contribution in [0.15, 0.2) is 24.3 Å². The maximum Gasteiger partial charge on any atom is 0.313 e. The molecule has 1 aliphatic carbocycles. The monoisotopic (exact) mass is 413 g/mol. The summed E-state index contributed by atoms with van der Waals surface area (Å²) >= 11 is 0. The van der Waals surface area contributed by atoms with Crippen molar-refractivity contribution in [3.8, 4) is 0 Å². The van der Waals surface area contributed by atoms with Gasteiger partial charge in [-0.25, -0.2) is 0 Å². The molecule has 164 valence electrons. The van der Waals surface area contributed by atoms with Crippen LogP contribution in [0.3, 0.4) is 0 Å². The van der Waals surface area contributed by atoms with Gasteiger partial charge in [-0.15, -0.1) is 0 Å². The third kappa shape index (κ3) is 5.05. The van der Waals surface area contributed by atoms with Crippen molar-refractivity contribution < 1.29 is 19.1 Å². The van der Waals surface area contributed by atoms with E-state index in [0.29, 0.717) is 18.9 Å². The third-order valence-electron chi connectivity index (χ3n) is 6.12. The van der Waals surface area contributed by atoms with E-state index in [0.717, 1.165) is 28.6 Å². The van der Waals surface area contributed by atoms with E-state index in [9.17, 15) is 9.59 Å². The number of aromatic nitrogens is 1. The summed E-state index contributed by atoms with van der Waals surface area (Å²) in [6.45, 7) is 8.21. The van der Waals surface area contributed by atoms with Gasteiger partial charge < -0.3 is 14.0 Å². The number of esters is 2. The van der Waals surface area contributed by atoms with Crippen molar-refractivity contribution >= 4 is 22.8 Å². The highest BCUT2D eigenvalue weighted by Gasteiger charge is 2.32. The summed E-state index contributed by atoms with van der Waals surface area (Å²) in [7, 11) is 1.47. The number of benzene rings is 1. The minimum atomic E-state index is -0.493. The number of nitrogens with zero attached hydrogens (tertiary/aromatic N) is 1. The zero-order valence-electron chi connectivity index (χ0n) is 19.0. The quantitative estimate of drug-likeness (QED) is 0.561. The van der Waals surface area contributed by atoms with Crippen molar-refractivity contribution in [3.05, 3.63) is 35.5 Å². The number of carbonyl (C=O) groups is 2. The molecule has 0 N–H and O–H groups in total. The van der Waals surface area contributed by atoms with E-state index in [2.05, 4.69) is 23.6 Å². The van der Waals surface area contributed by atoms with Gasteiger partial charge in [0.15, 0.2) is 0 Å². The van der Waals surface area contributed by atoms with Gasteiger partial charge in [0.25, 0.3) is 0 Å². The lowest BCUT2D eigenvalue weighted by molar-refractivity contribution is -0.155. The lowest BCUT2D eigenvalue weighted by atomic mass is 9.86. The summed E-state index contributed by atoms with van der Waals surface area (Å²) in [4.78, 5) is 25.1. The molecule has 0 amide bonds. The summed E-state index contributed by atoms with van der Waals surface area (Å²) < 4.78 is 12.9. The van der Waals surface area contributed by atoms with Crippen LogP contribution in [-0.4, -0.2) is 29.2 Å². The SMILES string of the molecule is COC(=O)C(CC1CCCC1)c1c(C)n(CCC(=O)OC(C)(C)C)c2ccccc12. The van der Waals surface area contributed by atoms with E-state index in [1.807, 2.05) is 32.9 Å². The molecule has 1 unspecified atom stereocenters. The lowest BCUT2D eigenvalue weighted by Gasteiger charge is -2.20. The van der Waals surface area contributed by atoms with Crippen molar-refractivity contribution in [1.29, 1.82) is 0 Å². The first-order chi connectivity index (χ1) is 14.2. The van der Waals surface area contributed by atoms with Crippen LogP contribution < -0.4 is 0 Å². The van der Waals surface area contributed by atoms with Gasteiger partial charge in [0, 0.05) is 23.1 Å². The Bertz CT molecular complexity index is 900. The smallest absolute Gasteiger partial charge is 0.313 e. The Kier molecular flexibility index (Phi) is 6.89. The Morgan fingerprint density at radius 1 is 1.17 bits per heavy atom. The van der Waals surface area contributed by atoms with Crippen LogP contribution in [0.2, 0.25) is 0 Å². The zero-order chi connectivity index (χ0) is 21.9. The number of ether oxygens (including phenoxy) is 2. The van der Waals surface area contributed by atoms with E-state index in [4.69, 9.17) is 9.47 Å². The van der Waals surface area contributed by atoms with Crippen molar-refractivity contribution in [1.82, 2.24) is 4.57 Å². The largest absolute Gasteiger partial charge is 0.469 e. The first kappa shape index (κ1) is 22.4. The molecule has 0 radical (unpaired) electrons. The van der Waals surface area contributed by atoms with Crippen LogP contribution in [0.25, 0.3) is 10.9 Å². The molecule has 1 heterocycles. The molecule has 1 atom stereocenters. The zero-order valence-corrected chi connectivity index (χ0v) is 19.0. The standard InChI is InChI=1S/C25H35NO4/c1-17-23(20(24(28)29-5)16-18-10-6-7-11-18)19-12-8-9-13-21(19)26(17)15-14-22(27)30-25(2,3)4/h8-9,12-13,18,20H,6-7,10-11,14-16H2,1-5H3. The molecule has 5 heteroatoms. The Morgan fingerprint density at radius 2 is 1.83 bits per heavy atom. The predicted molar refractivity (Wildman–Crippen MR) is 118 cm³/mol. The summed E-state index contributed by atoms with van der Waals surface area (Å²) in [6, 6.07) is 8.14. The van der Waals surface area contributed by atoms with Crippen molar-refractivity contribution in [2.75, 3.05) is 7.11 Å². The Hall–Kier alpha value is -2.30. The van der Waals surface area contributed by atoms with E-state index < -0.39 is 5.60 Å². The Balaban J connectivity index is 1.95. The highest BCUT2D eigenvalue weighted by atomic mass is 16.6. The van der Waals surface area contributed by atoms with E-state index in [1.54, 1.807) is 0 Å². The molecule has 0 saturated heterocycles. The second-order valence-corrected chi connectivity index (χ2v) is 9.47. The van der Waals surface area contributed by atoms with Gasteiger partial charge in [-0.2, -0.15) is 0 Å². The average Bonchev–Trinajstić information content (AvgIpc) is 3.28. The molecule has 1 aromatic carbocycles. The maximum atomic E-state index is 12.8. The molecule has 1 aliphatic rings. The first-order valence-electron chi connectivity index (χ1n) is 11.1. The van der Waals surface area contributed by atoms with Crippen LogP contribution in [0.5, 0.6) is 0 Å². The summed E-state index contributed by atoms with van der Waals surface area (Å²) in [5.74, 6) is -0.0834. The van der Waals surface area contributed by atoms with Crippen LogP contribution in [0.1, 0.15) is 76.5 Å². The number of fused-ring (bicyclic) bond motifs is 1. The molecular weight excluding hydrogens is 378 g/mol. The summed E-state index contributed by atoms with van der Waals surface area (Å²) in [6.07, 6.45) is 5.98. The third-order valence-corrected chi connectivity index (χ3v) is 6.12. The minimum absolute atomic E-state index is 0.167. The van der Waals surface area contributed by atoms with Gasteiger partial charge in [0.05, 0.1) is 19.4 Å². The predicted octanol–water partition coefficient (Wildman–Crippen LogP) is 5.52. The topological polar surface area (TPSA) is 57.5 Å². The van der Waals surface area contributed by atoms with Crippen LogP contribution in [-0.2, 0) is 25.6 Å². The molecule has 2 aromatic rings. The van der Waals surface area contributed by atoms with Gasteiger partial charge >= 0.3 is 11.9 Å². The van der Waals surface area contributed by atoms with Crippen LogP contribution >= 0.6 is 0 Å². The fraction of sp³-hybridized carbons (Fsp3) is 0.600. The molecule has 3 rings (SSSR count). The maximum absolute atomic E-state index is 12.8. The van der Waals surface area contributed by atoms with Gasteiger partial charge in [-0.1, -0.05) is 43.9 Å². The number of rotatable bonds is 7. The molecule has 5 nitrogen and oxygen atoms in total. The molecule has 1 fully saturated rings. The molecule has 1 saturated carbocycles. The molecule has 0 aliphatic heterocycles. The number of methoxy groups -OCH3 is 1. The second kappa shape index (κ2) is 9.23. The number of hydrogen-bond donors (Lipinski definition) is 0. The molecular formula is C25H35NO4. The fourth-order valence-corrected chi connectivity index (χ4v) is 4.83. The highest BCUT2D eigenvalue weighted by molar-refractivity contribution is 5.92. The molecule has 0 bridgehead atoms. The van der Waals surface area contributed by atoms with Gasteiger partial charge in [-0.05, 0) is 51.7 Å². The highest BCUT2D eigenvalue weighted by Crippen LogP contribution is 2.39. The van der Waals surface area contributed by atoms with E-state index >= 15 is 0 Å². The van der Waals surface area contributed by atoms with Crippen LogP contribution in [0, 0.1) is 12.8 Å². The van der Waals surface area contributed by atoms with Crippen LogP contribution in [0.4, 0.5) is 0 Å². The van der Waals surface area contributed by atoms with Gasteiger partial charge in [0.1, 0.15) is 5.60 Å². The Morgan fingerprint density at radius 3 is 2.47 bits per heavy atom. The Labute approximate surface area is 179 Å².